The molecule has 4 heteroatoms. The fraction of sp³-hybridized carbons (Fsp3) is 0.286. The highest BCUT2D eigenvalue weighted by Crippen LogP contribution is 2.22. The highest BCUT2D eigenvalue weighted by Gasteiger charge is 2.11. The van der Waals surface area contributed by atoms with E-state index in [1.807, 2.05) is 31.2 Å². The van der Waals surface area contributed by atoms with E-state index in [-0.39, 0.29) is 5.78 Å². The van der Waals surface area contributed by atoms with Crippen molar-refractivity contribution in [2.24, 2.45) is 0 Å². The van der Waals surface area contributed by atoms with Crippen LogP contribution in [0.4, 0.5) is 0 Å². The van der Waals surface area contributed by atoms with Gasteiger partial charge in [-0.1, -0.05) is 12.1 Å². The fourth-order valence-corrected chi connectivity index (χ4v) is 2.77. The minimum Gasteiger partial charge on any atom is -0.497 e. The van der Waals surface area contributed by atoms with Crippen molar-refractivity contribution in [1.29, 1.82) is 0 Å². The third kappa shape index (κ3) is 2.76. The van der Waals surface area contributed by atoms with E-state index in [0.717, 1.165) is 27.7 Å². The first kappa shape index (κ1) is 12.8. The molecule has 0 aliphatic carbocycles. The zero-order valence-electron chi connectivity index (χ0n) is 10.7. The van der Waals surface area contributed by atoms with E-state index in [1.54, 1.807) is 14.0 Å². The average Bonchev–Trinajstić information content (AvgIpc) is 2.71. The Labute approximate surface area is 110 Å². The van der Waals surface area contributed by atoms with Crippen LogP contribution in [0.2, 0.25) is 0 Å². The minimum atomic E-state index is 0.0889. The molecule has 0 saturated heterocycles. The van der Waals surface area contributed by atoms with Gasteiger partial charge in [-0.3, -0.25) is 4.79 Å². The molecule has 0 N–H and O–H groups in total. The molecule has 1 aromatic heterocycles. The van der Waals surface area contributed by atoms with Crippen LogP contribution in [-0.2, 0) is 6.42 Å². The van der Waals surface area contributed by atoms with Crippen LogP contribution in [0.1, 0.15) is 32.9 Å². The van der Waals surface area contributed by atoms with E-state index >= 15 is 0 Å². The molecule has 0 aliphatic rings. The highest BCUT2D eigenvalue weighted by atomic mass is 32.1. The van der Waals surface area contributed by atoms with Crippen LogP contribution in [0.3, 0.4) is 0 Å². The van der Waals surface area contributed by atoms with Gasteiger partial charge in [-0.2, -0.15) is 0 Å². The molecule has 0 unspecified atom stereocenters. The third-order valence-electron chi connectivity index (χ3n) is 2.68. The quantitative estimate of drug-likeness (QED) is 0.793. The molecule has 0 bridgehead atoms. The van der Waals surface area contributed by atoms with Crippen molar-refractivity contribution in [2.75, 3.05) is 7.11 Å². The maximum atomic E-state index is 11.4. The van der Waals surface area contributed by atoms with Gasteiger partial charge in [-0.25, -0.2) is 4.98 Å². The van der Waals surface area contributed by atoms with Gasteiger partial charge in [-0.15, -0.1) is 11.3 Å². The van der Waals surface area contributed by atoms with E-state index < -0.39 is 0 Å². The molecule has 0 atom stereocenters. The number of aromatic nitrogens is 1. The number of aryl methyl sites for hydroxylation is 1. The lowest BCUT2D eigenvalue weighted by molar-refractivity contribution is 0.102. The van der Waals surface area contributed by atoms with Gasteiger partial charge in [0.15, 0.2) is 5.78 Å². The number of ketones is 1. The third-order valence-corrected chi connectivity index (χ3v) is 3.93. The van der Waals surface area contributed by atoms with E-state index in [1.165, 1.54) is 16.9 Å². The summed E-state index contributed by atoms with van der Waals surface area (Å²) in [7, 11) is 1.65. The summed E-state index contributed by atoms with van der Waals surface area (Å²) in [6, 6.07) is 7.90. The summed E-state index contributed by atoms with van der Waals surface area (Å²) < 4.78 is 5.12. The summed E-state index contributed by atoms with van der Waals surface area (Å²) in [4.78, 5) is 16.6. The maximum absolute atomic E-state index is 11.4. The number of nitrogens with zero attached hydrogens (tertiary/aromatic N) is 1. The first-order chi connectivity index (χ1) is 8.60. The number of rotatable bonds is 4. The number of carbonyl (C=O) groups is 1. The predicted octanol–water partition coefficient (Wildman–Crippen LogP) is 3.25. The Morgan fingerprint density at radius 1 is 1.33 bits per heavy atom. The van der Waals surface area contributed by atoms with E-state index in [2.05, 4.69) is 4.98 Å². The first-order valence-corrected chi connectivity index (χ1v) is 6.52. The molecule has 1 aromatic carbocycles. The van der Waals surface area contributed by atoms with Gasteiger partial charge >= 0.3 is 0 Å². The molecule has 0 fully saturated rings. The van der Waals surface area contributed by atoms with Crippen LogP contribution in [0.25, 0.3) is 0 Å². The monoisotopic (exact) mass is 261 g/mol. The largest absolute Gasteiger partial charge is 0.497 e. The predicted molar refractivity (Wildman–Crippen MR) is 72.7 cm³/mol. The second kappa shape index (κ2) is 5.31. The Kier molecular flexibility index (Phi) is 3.77. The second-order valence-corrected chi connectivity index (χ2v) is 5.19. The lowest BCUT2D eigenvalue weighted by Gasteiger charge is -2.01. The number of benzene rings is 1. The number of Topliss-reactive ketones (excluding diaryl/α,β-unsaturated/α-hetero) is 1. The number of thiazole rings is 1. The Morgan fingerprint density at radius 2 is 2.00 bits per heavy atom. The minimum absolute atomic E-state index is 0.0889. The van der Waals surface area contributed by atoms with Crippen LogP contribution >= 0.6 is 11.3 Å². The summed E-state index contributed by atoms with van der Waals surface area (Å²) >= 11 is 1.48. The maximum Gasteiger partial charge on any atom is 0.171 e. The Bertz CT molecular complexity index is 558. The molecule has 3 nitrogen and oxygen atoms in total. The Morgan fingerprint density at radius 3 is 2.50 bits per heavy atom. The molecule has 1 heterocycles. The molecular formula is C14H15NO2S. The number of carbonyl (C=O) groups excluding carboxylic acids is 1. The van der Waals surface area contributed by atoms with Crippen LogP contribution in [-0.4, -0.2) is 17.9 Å². The van der Waals surface area contributed by atoms with Gasteiger partial charge in [0.25, 0.3) is 0 Å². The van der Waals surface area contributed by atoms with Crippen molar-refractivity contribution in [3.05, 3.63) is 45.4 Å². The molecule has 0 radical (unpaired) electrons. The van der Waals surface area contributed by atoms with E-state index in [9.17, 15) is 4.79 Å². The van der Waals surface area contributed by atoms with Crippen molar-refractivity contribution >= 4 is 17.1 Å². The van der Waals surface area contributed by atoms with E-state index in [4.69, 9.17) is 4.74 Å². The lowest BCUT2D eigenvalue weighted by Crippen LogP contribution is -1.89. The van der Waals surface area contributed by atoms with Crippen LogP contribution in [0.15, 0.2) is 24.3 Å². The highest BCUT2D eigenvalue weighted by molar-refractivity contribution is 7.13. The molecule has 18 heavy (non-hydrogen) atoms. The molecular weight excluding hydrogens is 246 g/mol. The van der Waals surface area contributed by atoms with Crippen LogP contribution in [0.5, 0.6) is 5.75 Å². The standard InChI is InChI=1S/C14H15NO2S/c1-9-14(10(2)16)18-13(15-9)8-11-4-6-12(17-3)7-5-11/h4-7H,8H2,1-3H3. The first-order valence-electron chi connectivity index (χ1n) is 5.70. The smallest absolute Gasteiger partial charge is 0.171 e. The molecule has 2 aromatic rings. The van der Waals surface area contributed by atoms with Crippen molar-refractivity contribution < 1.29 is 9.53 Å². The van der Waals surface area contributed by atoms with Gasteiger partial charge in [0.2, 0.25) is 0 Å². The molecule has 0 amide bonds. The summed E-state index contributed by atoms with van der Waals surface area (Å²) in [5.74, 6) is 0.935. The van der Waals surface area contributed by atoms with Crippen LogP contribution in [0, 0.1) is 6.92 Å². The molecule has 94 valence electrons. The van der Waals surface area contributed by atoms with E-state index in [0.29, 0.717) is 0 Å². The van der Waals surface area contributed by atoms with Crippen molar-refractivity contribution in [1.82, 2.24) is 4.98 Å². The van der Waals surface area contributed by atoms with Gasteiger partial charge in [0, 0.05) is 13.3 Å². The molecule has 0 aliphatic heterocycles. The molecule has 0 saturated carbocycles. The Balaban J connectivity index is 2.18. The van der Waals surface area contributed by atoms with Gasteiger partial charge in [0.05, 0.1) is 22.7 Å². The lowest BCUT2D eigenvalue weighted by atomic mass is 10.1. The summed E-state index contributed by atoms with van der Waals surface area (Å²) in [6.45, 7) is 3.46. The zero-order valence-corrected chi connectivity index (χ0v) is 11.5. The summed E-state index contributed by atoms with van der Waals surface area (Å²) in [6.07, 6.45) is 0.753. The number of methoxy groups -OCH3 is 1. The number of hydrogen-bond donors (Lipinski definition) is 0. The number of hydrogen-bond acceptors (Lipinski definition) is 4. The average molecular weight is 261 g/mol. The summed E-state index contributed by atoms with van der Waals surface area (Å²) in [5, 5.41) is 0.975. The Hall–Kier alpha value is -1.68. The van der Waals surface area contributed by atoms with Crippen LogP contribution < -0.4 is 4.74 Å². The molecule has 2 rings (SSSR count). The summed E-state index contributed by atoms with van der Waals surface area (Å²) in [5.41, 5.74) is 2.00. The van der Waals surface area contributed by atoms with Gasteiger partial charge in [0.1, 0.15) is 5.75 Å². The SMILES string of the molecule is COc1ccc(Cc2nc(C)c(C(C)=O)s2)cc1. The normalized spacial score (nSPS) is 10.4. The topological polar surface area (TPSA) is 39.2 Å². The number of ether oxygens (including phenoxy) is 1. The second-order valence-electron chi connectivity index (χ2n) is 4.10. The van der Waals surface area contributed by atoms with Crippen molar-refractivity contribution in [3.63, 3.8) is 0 Å². The van der Waals surface area contributed by atoms with Gasteiger partial charge in [-0.05, 0) is 24.6 Å². The zero-order chi connectivity index (χ0) is 13.1. The van der Waals surface area contributed by atoms with Gasteiger partial charge < -0.3 is 4.74 Å². The van der Waals surface area contributed by atoms with Crippen molar-refractivity contribution in [2.45, 2.75) is 20.3 Å². The van der Waals surface area contributed by atoms with Crippen molar-refractivity contribution in [3.8, 4) is 5.75 Å². The molecule has 0 spiro atoms. The fourth-order valence-electron chi connectivity index (χ4n) is 1.77.